The van der Waals surface area contributed by atoms with Crippen molar-refractivity contribution in [2.45, 2.75) is 32.2 Å². The van der Waals surface area contributed by atoms with Gasteiger partial charge in [0.05, 0.1) is 6.04 Å². The number of rotatable bonds is 5. The molecule has 1 atom stereocenters. The average Bonchev–Trinajstić information content (AvgIpc) is 3.22. The largest absolute Gasteiger partial charge is 0.348 e. The van der Waals surface area contributed by atoms with E-state index in [2.05, 4.69) is 48.0 Å². The van der Waals surface area contributed by atoms with Gasteiger partial charge in [0.1, 0.15) is 0 Å². The summed E-state index contributed by atoms with van der Waals surface area (Å²) < 4.78 is 0. The first-order valence-corrected chi connectivity index (χ1v) is 8.00. The van der Waals surface area contributed by atoms with Crippen LogP contribution in [-0.2, 0) is 11.2 Å². The second kappa shape index (κ2) is 5.80. The summed E-state index contributed by atoms with van der Waals surface area (Å²) >= 11 is 1.74. The van der Waals surface area contributed by atoms with E-state index in [1.165, 1.54) is 16.0 Å². The van der Waals surface area contributed by atoms with E-state index in [4.69, 9.17) is 0 Å². The van der Waals surface area contributed by atoms with Crippen LogP contribution in [0.5, 0.6) is 0 Å². The highest BCUT2D eigenvalue weighted by Gasteiger charge is 2.31. The van der Waals surface area contributed by atoms with Gasteiger partial charge in [-0.3, -0.25) is 4.79 Å². The van der Waals surface area contributed by atoms with Gasteiger partial charge in [-0.05, 0) is 48.8 Å². The molecule has 20 heavy (non-hydrogen) atoms. The quantitative estimate of drug-likeness (QED) is 0.888. The molecule has 1 aromatic carbocycles. The van der Waals surface area contributed by atoms with Crippen LogP contribution in [-0.4, -0.2) is 5.91 Å². The van der Waals surface area contributed by atoms with Gasteiger partial charge in [0.15, 0.2) is 0 Å². The van der Waals surface area contributed by atoms with Gasteiger partial charge in [0.2, 0.25) is 5.91 Å². The lowest BCUT2D eigenvalue weighted by Gasteiger charge is -2.19. The second-order valence-corrected chi connectivity index (χ2v) is 6.44. The van der Waals surface area contributed by atoms with Crippen LogP contribution in [0.3, 0.4) is 0 Å². The zero-order valence-corrected chi connectivity index (χ0v) is 12.5. The minimum atomic E-state index is 0.102. The SMILES string of the molecule is Cc1ccsc1C(Cc1ccccc1)NC(=O)C1CC1. The summed E-state index contributed by atoms with van der Waals surface area (Å²) in [5.74, 6) is 0.479. The Labute approximate surface area is 123 Å². The molecule has 1 heterocycles. The first-order valence-electron chi connectivity index (χ1n) is 7.12. The summed E-state index contributed by atoms with van der Waals surface area (Å²) in [7, 11) is 0. The number of amides is 1. The van der Waals surface area contributed by atoms with Crippen LogP contribution in [0.4, 0.5) is 0 Å². The third kappa shape index (κ3) is 3.10. The Hall–Kier alpha value is -1.61. The van der Waals surface area contributed by atoms with Crippen molar-refractivity contribution in [2.75, 3.05) is 0 Å². The molecular weight excluding hydrogens is 266 g/mol. The van der Waals surface area contributed by atoms with Gasteiger partial charge in [-0.25, -0.2) is 0 Å². The molecule has 0 radical (unpaired) electrons. The normalized spacial score (nSPS) is 15.8. The summed E-state index contributed by atoms with van der Waals surface area (Å²) in [6.07, 6.45) is 2.96. The van der Waals surface area contributed by atoms with Gasteiger partial charge < -0.3 is 5.32 Å². The standard InChI is InChI=1S/C17H19NOS/c1-12-9-10-20-16(12)15(18-17(19)14-7-8-14)11-13-5-3-2-4-6-13/h2-6,9-10,14-15H,7-8,11H2,1H3,(H,18,19). The van der Waals surface area contributed by atoms with Gasteiger partial charge in [0, 0.05) is 10.8 Å². The van der Waals surface area contributed by atoms with E-state index in [1.807, 2.05) is 6.07 Å². The van der Waals surface area contributed by atoms with Crippen molar-refractivity contribution >= 4 is 17.2 Å². The van der Waals surface area contributed by atoms with E-state index in [-0.39, 0.29) is 17.9 Å². The van der Waals surface area contributed by atoms with E-state index in [0.29, 0.717) is 0 Å². The van der Waals surface area contributed by atoms with E-state index in [0.717, 1.165) is 19.3 Å². The number of aryl methyl sites for hydroxylation is 1. The number of nitrogens with one attached hydrogen (secondary N) is 1. The predicted molar refractivity (Wildman–Crippen MR) is 82.8 cm³/mol. The van der Waals surface area contributed by atoms with E-state index in [1.54, 1.807) is 11.3 Å². The molecule has 2 nitrogen and oxygen atoms in total. The minimum Gasteiger partial charge on any atom is -0.348 e. The zero-order chi connectivity index (χ0) is 13.9. The highest BCUT2D eigenvalue weighted by molar-refractivity contribution is 7.10. The Balaban J connectivity index is 1.79. The van der Waals surface area contributed by atoms with Gasteiger partial charge >= 0.3 is 0 Å². The molecule has 0 saturated heterocycles. The molecule has 1 unspecified atom stereocenters. The number of carbonyl (C=O) groups is 1. The first-order chi connectivity index (χ1) is 9.74. The molecule has 1 saturated carbocycles. The Morgan fingerprint density at radius 1 is 1.30 bits per heavy atom. The van der Waals surface area contributed by atoms with Gasteiger partial charge in [-0.1, -0.05) is 30.3 Å². The van der Waals surface area contributed by atoms with Crippen LogP contribution in [0.25, 0.3) is 0 Å². The van der Waals surface area contributed by atoms with E-state index >= 15 is 0 Å². The summed E-state index contributed by atoms with van der Waals surface area (Å²) in [4.78, 5) is 13.4. The molecule has 0 aliphatic heterocycles. The lowest BCUT2D eigenvalue weighted by atomic mass is 10.0. The van der Waals surface area contributed by atoms with Gasteiger partial charge in [0.25, 0.3) is 0 Å². The zero-order valence-electron chi connectivity index (χ0n) is 11.6. The topological polar surface area (TPSA) is 29.1 Å². The molecule has 0 spiro atoms. The van der Waals surface area contributed by atoms with Gasteiger partial charge in [-0.2, -0.15) is 0 Å². The number of benzene rings is 1. The monoisotopic (exact) mass is 285 g/mol. The summed E-state index contributed by atoms with van der Waals surface area (Å²) in [5.41, 5.74) is 2.54. The number of hydrogen-bond donors (Lipinski definition) is 1. The molecule has 104 valence electrons. The maximum absolute atomic E-state index is 12.1. The van der Waals surface area contributed by atoms with Crippen LogP contribution in [0.1, 0.15) is 34.9 Å². The Morgan fingerprint density at radius 2 is 2.05 bits per heavy atom. The van der Waals surface area contributed by atoms with Crippen LogP contribution >= 0.6 is 11.3 Å². The lowest BCUT2D eigenvalue weighted by molar-refractivity contribution is -0.123. The van der Waals surface area contributed by atoms with Crippen LogP contribution in [0.2, 0.25) is 0 Å². The molecule has 3 heteroatoms. The van der Waals surface area contributed by atoms with Crippen molar-refractivity contribution in [1.82, 2.24) is 5.32 Å². The second-order valence-electron chi connectivity index (χ2n) is 5.49. The number of hydrogen-bond acceptors (Lipinski definition) is 2. The van der Waals surface area contributed by atoms with Crippen LogP contribution in [0, 0.1) is 12.8 Å². The highest BCUT2D eigenvalue weighted by atomic mass is 32.1. The molecule has 1 amide bonds. The fourth-order valence-corrected chi connectivity index (χ4v) is 3.41. The maximum atomic E-state index is 12.1. The number of thiophene rings is 1. The fraction of sp³-hybridized carbons (Fsp3) is 0.353. The highest BCUT2D eigenvalue weighted by Crippen LogP contribution is 2.32. The van der Waals surface area contributed by atoms with Crippen molar-refractivity contribution in [3.63, 3.8) is 0 Å². The Morgan fingerprint density at radius 3 is 2.65 bits per heavy atom. The predicted octanol–water partition coefficient (Wildman–Crippen LogP) is 3.87. The molecule has 1 aromatic heterocycles. The molecular formula is C17H19NOS. The van der Waals surface area contributed by atoms with Gasteiger partial charge in [-0.15, -0.1) is 11.3 Å². The average molecular weight is 285 g/mol. The summed E-state index contributed by atoms with van der Waals surface area (Å²) in [6, 6.07) is 12.6. The molecule has 3 rings (SSSR count). The van der Waals surface area contributed by atoms with E-state index < -0.39 is 0 Å². The van der Waals surface area contributed by atoms with Crippen LogP contribution in [0.15, 0.2) is 41.8 Å². The smallest absolute Gasteiger partial charge is 0.223 e. The molecule has 1 fully saturated rings. The minimum absolute atomic E-state index is 0.102. The van der Waals surface area contributed by atoms with Crippen molar-refractivity contribution in [2.24, 2.45) is 5.92 Å². The Kier molecular flexibility index (Phi) is 3.88. The Bertz CT molecular complexity index is 586. The molecule has 1 N–H and O–H groups in total. The molecule has 1 aliphatic rings. The number of carbonyl (C=O) groups excluding carboxylic acids is 1. The third-order valence-corrected chi connectivity index (χ3v) is 4.90. The summed E-state index contributed by atoms with van der Waals surface area (Å²) in [5, 5.41) is 5.35. The summed E-state index contributed by atoms with van der Waals surface area (Å²) in [6.45, 7) is 2.12. The lowest BCUT2D eigenvalue weighted by Crippen LogP contribution is -2.30. The fourth-order valence-electron chi connectivity index (χ4n) is 2.44. The third-order valence-electron chi connectivity index (χ3n) is 3.77. The molecule has 1 aliphatic carbocycles. The van der Waals surface area contributed by atoms with E-state index in [9.17, 15) is 4.79 Å². The van der Waals surface area contributed by atoms with Crippen LogP contribution < -0.4 is 5.32 Å². The van der Waals surface area contributed by atoms with Crippen molar-refractivity contribution in [3.8, 4) is 0 Å². The molecule has 0 bridgehead atoms. The maximum Gasteiger partial charge on any atom is 0.223 e. The first kappa shape index (κ1) is 13.4. The molecule has 2 aromatic rings. The van der Waals surface area contributed by atoms with Crippen molar-refractivity contribution < 1.29 is 4.79 Å². The van der Waals surface area contributed by atoms with Crippen molar-refractivity contribution in [1.29, 1.82) is 0 Å². The van der Waals surface area contributed by atoms with Crippen molar-refractivity contribution in [3.05, 3.63) is 57.8 Å².